The molecule has 0 spiro atoms. The number of thiophene rings is 2. The maximum atomic E-state index is 2.44. The summed E-state index contributed by atoms with van der Waals surface area (Å²) in [7, 11) is 0. The monoisotopic (exact) mass is 735 g/mol. The van der Waals surface area contributed by atoms with Crippen molar-refractivity contribution in [3.63, 3.8) is 0 Å². The van der Waals surface area contributed by atoms with E-state index in [4.69, 9.17) is 0 Å². The minimum absolute atomic E-state index is 1.12. The third-order valence-corrected chi connectivity index (χ3v) is 13.3. The molecule has 55 heavy (non-hydrogen) atoms. The van der Waals surface area contributed by atoms with Crippen LogP contribution in [0.15, 0.2) is 200 Å². The first-order chi connectivity index (χ1) is 27.3. The lowest BCUT2D eigenvalue weighted by Gasteiger charge is -2.26. The van der Waals surface area contributed by atoms with E-state index in [2.05, 4.69) is 205 Å². The van der Waals surface area contributed by atoms with Gasteiger partial charge < -0.3 is 4.90 Å². The molecule has 2 aromatic heterocycles. The van der Waals surface area contributed by atoms with Crippen molar-refractivity contribution in [3.05, 3.63) is 200 Å². The van der Waals surface area contributed by atoms with Crippen LogP contribution >= 0.6 is 22.7 Å². The fraction of sp³-hybridized carbons (Fsp3) is 0. The topological polar surface area (TPSA) is 3.24 Å². The van der Waals surface area contributed by atoms with Gasteiger partial charge in [0.05, 0.1) is 10.4 Å². The minimum atomic E-state index is 1.12. The van der Waals surface area contributed by atoms with Gasteiger partial charge in [-0.2, -0.15) is 0 Å². The molecule has 0 bridgehead atoms. The molecule has 0 atom stereocenters. The van der Waals surface area contributed by atoms with Gasteiger partial charge in [0.15, 0.2) is 0 Å². The number of benzene rings is 9. The van der Waals surface area contributed by atoms with Crippen LogP contribution in [-0.4, -0.2) is 0 Å². The summed E-state index contributed by atoms with van der Waals surface area (Å²) in [4.78, 5) is 2.44. The molecular weight excluding hydrogens is 703 g/mol. The molecular formula is C52H33NS2. The molecule has 0 saturated carbocycles. The molecule has 11 rings (SSSR count). The molecule has 0 N–H and O–H groups in total. The normalized spacial score (nSPS) is 11.6. The summed E-state index contributed by atoms with van der Waals surface area (Å²) in [6, 6.07) is 73.3. The molecule has 0 fully saturated rings. The summed E-state index contributed by atoms with van der Waals surface area (Å²) in [6.45, 7) is 0. The maximum Gasteiger partial charge on any atom is 0.0640 e. The summed E-state index contributed by atoms with van der Waals surface area (Å²) < 4.78 is 5.24. The Morgan fingerprint density at radius 2 is 0.836 bits per heavy atom. The molecule has 1 nitrogen and oxygen atoms in total. The molecule has 11 aromatic rings. The fourth-order valence-electron chi connectivity index (χ4n) is 8.33. The van der Waals surface area contributed by atoms with E-state index in [9.17, 15) is 0 Å². The first-order valence-electron chi connectivity index (χ1n) is 18.7. The maximum absolute atomic E-state index is 2.44. The van der Waals surface area contributed by atoms with E-state index in [1.54, 1.807) is 0 Å². The fourth-order valence-corrected chi connectivity index (χ4v) is 10.8. The summed E-state index contributed by atoms with van der Waals surface area (Å²) >= 11 is 3.76. The summed E-state index contributed by atoms with van der Waals surface area (Å²) in [5.74, 6) is 0. The van der Waals surface area contributed by atoms with Gasteiger partial charge in [-0.05, 0) is 86.6 Å². The molecule has 0 amide bonds. The van der Waals surface area contributed by atoms with Gasteiger partial charge in [0.2, 0.25) is 0 Å². The van der Waals surface area contributed by atoms with Crippen molar-refractivity contribution in [2.24, 2.45) is 0 Å². The Morgan fingerprint density at radius 1 is 0.309 bits per heavy atom. The van der Waals surface area contributed by atoms with Gasteiger partial charge in [-0.15, -0.1) is 22.7 Å². The van der Waals surface area contributed by atoms with Gasteiger partial charge in [-0.25, -0.2) is 0 Å². The van der Waals surface area contributed by atoms with Crippen LogP contribution in [0.1, 0.15) is 0 Å². The van der Waals surface area contributed by atoms with Crippen molar-refractivity contribution in [2.75, 3.05) is 4.90 Å². The van der Waals surface area contributed by atoms with Crippen molar-refractivity contribution in [2.45, 2.75) is 0 Å². The molecule has 258 valence electrons. The third kappa shape index (κ3) is 5.35. The highest BCUT2D eigenvalue weighted by molar-refractivity contribution is 7.27. The quantitative estimate of drug-likeness (QED) is 0.164. The zero-order valence-corrected chi connectivity index (χ0v) is 31.4. The zero-order chi connectivity index (χ0) is 36.3. The number of rotatable bonds is 6. The van der Waals surface area contributed by atoms with Crippen LogP contribution in [-0.2, 0) is 0 Å². The predicted molar refractivity (Wildman–Crippen MR) is 241 cm³/mol. The van der Waals surface area contributed by atoms with Crippen molar-refractivity contribution < 1.29 is 0 Å². The van der Waals surface area contributed by atoms with Gasteiger partial charge in [0.25, 0.3) is 0 Å². The van der Waals surface area contributed by atoms with E-state index < -0.39 is 0 Å². The van der Waals surface area contributed by atoms with Gasteiger partial charge in [0.1, 0.15) is 0 Å². The van der Waals surface area contributed by atoms with Gasteiger partial charge in [0, 0.05) is 47.0 Å². The molecule has 2 heterocycles. The van der Waals surface area contributed by atoms with Crippen molar-refractivity contribution in [1.29, 1.82) is 0 Å². The van der Waals surface area contributed by atoms with Crippen LogP contribution in [0.25, 0.3) is 84.5 Å². The van der Waals surface area contributed by atoms with E-state index in [1.807, 2.05) is 22.7 Å². The molecule has 3 heteroatoms. The Balaban J connectivity index is 1.09. The van der Waals surface area contributed by atoms with Crippen LogP contribution < -0.4 is 4.90 Å². The average molecular weight is 736 g/mol. The average Bonchev–Trinajstić information content (AvgIpc) is 3.84. The predicted octanol–water partition coefficient (Wildman–Crippen LogP) is 16.0. The first-order valence-corrected chi connectivity index (χ1v) is 20.3. The summed E-state index contributed by atoms with van der Waals surface area (Å²) in [5, 5.41) is 7.75. The molecule has 0 aliphatic carbocycles. The minimum Gasteiger partial charge on any atom is -0.309 e. The first kappa shape index (κ1) is 32.0. The van der Waals surface area contributed by atoms with Crippen LogP contribution in [0.5, 0.6) is 0 Å². The number of hydrogen-bond donors (Lipinski definition) is 0. The van der Waals surface area contributed by atoms with Crippen LogP contribution in [0.3, 0.4) is 0 Å². The van der Waals surface area contributed by atoms with Crippen molar-refractivity contribution in [3.8, 4) is 33.4 Å². The van der Waals surface area contributed by atoms with E-state index in [0.29, 0.717) is 0 Å². The summed E-state index contributed by atoms with van der Waals surface area (Å²) in [6.07, 6.45) is 0. The highest BCUT2D eigenvalue weighted by Crippen LogP contribution is 2.48. The van der Waals surface area contributed by atoms with Crippen molar-refractivity contribution in [1.82, 2.24) is 0 Å². The highest BCUT2D eigenvalue weighted by atomic mass is 32.1. The second kappa shape index (κ2) is 13.1. The Kier molecular flexibility index (Phi) is 7.61. The number of anilines is 3. The largest absolute Gasteiger partial charge is 0.309 e. The van der Waals surface area contributed by atoms with Crippen LogP contribution in [0.2, 0.25) is 0 Å². The molecule has 0 saturated heterocycles. The molecule has 9 aromatic carbocycles. The number of hydrogen-bond acceptors (Lipinski definition) is 3. The summed E-state index contributed by atoms with van der Waals surface area (Å²) in [5.41, 5.74) is 10.9. The van der Waals surface area contributed by atoms with Gasteiger partial charge in [-0.1, -0.05) is 158 Å². The molecule has 0 radical (unpaired) electrons. The Hall–Kier alpha value is -6.52. The lowest BCUT2D eigenvalue weighted by atomic mass is 9.97. The van der Waals surface area contributed by atoms with E-state index in [1.165, 1.54) is 90.2 Å². The highest BCUT2D eigenvalue weighted by Gasteiger charge is 2.20. The third-order valence-electron chi connectivity index (χ3n) is 10.9. The van der Waals surface area contributed by atoms with Crippen molar-refractivity contribution >= 4 is 90.9 Å². The Morgan fingerprint density at radius 3 is 1.64 bits per heavy atom. The molecule has 0 unspecified atom stereocenters. The lowest BCUT2D eigenvalue weighted by molar-refractivity contribution is 1.30. The lowest BCUT2D eigenvalue weighted by Crippen LogP contribution is -2.10. The number of fused-ring (bicyclic) bond motifs is 7. The molecule has 0 aliphatic rings. The number of nitrogens with zero attached hydrogens (tertiary/aromatic N) is 1. The second-order valence-electron chi connectivity index (χ2n) is 14.0. The van der Waals surface area contributed by atoms with Gasteiger partial charge >= 0.3 is 0 Å². The van der Waals surface area contributed by atoms with E-state index in [-0.39, 0.29) is 0 Å². The van der Waals surface area contributed by atoms with Crippen LogP contribution in [0, 0.1) is 0 Å². The Labute approximate surface area is 327 Å². The SMILES string of the molecule is c1ccc(-c2cccc3c2sc2c(N(c4ccc(-c5cccc6ccccc56)cc4)c4ccc(-c5cccc6sc7ccccc7c56)cc4)cccc23)cc1. The van der Waals surface area contributed by atoms with Gasteiger partial charge in [-0.3, -0.25) is 0 Å². The van der Waals surface area contributed by atoms with E-state index >= 15 is 0 Å². The van der Waals surface area contributed by atoms with E-state index in [0.717, 1.165) is 11.4 Å². The zero-order valence-electron chi connectivity index (χ0n) is 29.8. The van der Waals surface area contributed by atoms with Crippen LogP contribution in [0.4, 0.5) is 17.1 Å². The smallest absolute Gasteiger partial charge is 0.0640 e. The second-order valence-corrected chi connectivity index (χ2v) is 16.1. The standard InChI is InChI=1S/C52H33NS2/c1-2-12-35(13-3-1)43-20-9-21-44-45-22-10-23-47(52(45)55-51(43)44)53(38-30-26-36(27-31-38)41-18-8-15-34-14-4-5-16-40(34)41)39-32-28-37(29-33-39)42-19-11-25-49-50(42)46-17-6-7-24-48(46)54-49/h1-33H. The Bertz CT molecular complexity index is 3180. The molecule has 0 aliphatic heterocycles.